The molecule has 0 heterocycles. The fourth-order valence-electron chi connectivity index (χ4n) is 3.05. The van der Waals surface area contributed by atoms with Gasteiger partial charge in [-0.2, -0.15) is 0 Å². The fraction of sp³-hybridized carbons (Fsp3) is 0.933. The van der Waals surface area contributed by atoms with Crippen LogP contribution in [0.25, 0.3) is 0 Å². The van der Waals surface area contributed by atoms with Gasteiger partial charge < -0.3 is 10.6 Å². The molecule has 2 aliphatic rings. The molecule has 2 aliphatic carbocycles. The Hall–Kier alpha value is -0.730. The molecule has 104 valence electrons. The Morgan fingerprint density at radius 3 is 2.44 bits per heavy atom. The Kier molecular flexibility index (Phi) is 4.52. The van der Waals surface area contributed by atoms with Gasteiger partial charge in [0.1, 0.15) is 0 Å². The lowest BCUT2D eigenvalue weighted by atomic mass is 9.64. The van der Waals surface area contributed by atoms with Crippen molar-refractivity contribution in [2.24, 2.45) is 22.2 Å². The molecule has 2 fully saturated rings. The maximum Gasteiger partial charge on any atom is 0.191 e. The van der Waals surface area contributed by atoms with Crippen LogP contribution in [-0.2, 0) is 0 Å². The van der Waals surface area contributed by atoms with E-state index in [0.717, 1.165) is 30.9 Å². The largest absolute Gasteiger partial charge is 0.356 e. The van der Waals surface area contributed by atoms with Crippen LogP contribution < -0.4 is 10.6 Å². The summed E-state index contributed by atoms with van der Waals surface area (Å²) < 4.78 is 0. The second kappa shape index (κ2) is 5.94. The molecule has 2 saturated carbocycles. The molecule has 0 unspecified atom stereocenters. The van der Waals surface area contributed by atoms with Crippen molar-refractivity contribution in [2.45, 2.75) is 52.4 Å². The van der Waals surface area contributed by atoms with Crippen LogP contribution in [0.15, 0.2) is 4.99 Å². The van der Waals surface area contributed by atoms with Crippen LogP contribution in [0, 0.1) is 17.3 Å². The summed E-state index contributed by atoms with van der Waals surface area (Å²) >= 11 is 0. The maximum atomic E-state index is 4.32. The quantitative estimate of drug-likeness (QED) is 0.562. The van der Waals surface area contributed by atoms with E-state index in [0.29, 0.717) is 5.41 Å². The van der Waals surface area contributed by atoms with E-state index in [1.165, 1.54) is 38.5 Å². The van der Waals surface area contributed by atoms with Gasteiger partial charge in [-0.05, 0) is 49.4 Å². The molecule has 3 nitrogen and oxygen atoms in total. The third-order valence-corrected chi connectivity index (χ3v) is 4.37. The van der Waals surface area contributed by atoms with Crippen LogP contribution in [0.3, 0.4) is 0 Å². The summed E-state index contributed by atoms with van der Waals surface area (Å²) in [5.74, 6) is 2.70. The molecular formula is C15H29N3. The van der Waals surface area contributed by atoms with E-state index in [4.69, 9.17) is 0 Å². The minimum Gasteiger partial charge on any atom is -0.356 e. The Morgan fingerprint density at radius 1 is 1.28 bits per heavy atom. The first-order chi connectivity index (χ1) is 8.63. The Morgan fingerprint density at radius 2 is 2.00 bits per heavy atom. The molecule has 0 atom stereocenters. The zero-order valence-corrected chi connectivity index (χ0v) is 12.3. The standard InChI is InChI=1S/C15H29N3/c1-12(2)9-15(7-4-8-15)11-18-14(16-3)17-10-13-5-6-13/h12-13H,4-11H2,1-3H3,(H2,16,17,18). The van der Waals surface area contributed by atoms with E-state index in [2.05, 4.69) is 29.5 Å². The van der Waals surface area contributed by atoms with Gasteiger partial charge in [0, 0.05) is 20.1 Å². The number of nitrogens with one attached hydrogen (secondary N) is 2. The summed E-state index contributed by atoms with van der Waals surface area (Å²) in [6.07, 6.45) is 8.31. The van der Waals surface area contributed by atoms with Crippen LogP contribution in [0.2, 0.25) is 0 Å². The SMILES string of the molecule is CN=C(NCC1CC1)NCC1(CC(C)C)CCC1. The molecule has 2 N–H and O–H groups in total. The fourth-order valence-corrected chi connectivity index (χ4v) is 3.05. The summed E-state index contributed by atoms with van der Waals surface area (Å²) in [6, 6.07) is 0. The van der Waals surface area contributed by atoms with E-state index < -0.39 is 0 Å². The van der Waals surface area contributed by atoms with E-state index in [-0.39, 0.29) is 0 Å². The summed E-state index contributed by atoms with van der Waals surface area (Å²) in [4.78, 5) is 4.32. The molecule has 18 heavy (non-hydrogen) atoms. The zero-order chi connectivity index (χ0) is 13.0. The Labute approximate surface area is 112 Å². The number of hydrogen-bond donors (Lipinski definition) is 2. The number of hydrogen-bond acceptors (Lipinski definition) is 1. The van der Waals surface area contributed by atoms with Crippen LogP contribution in [0.5, 0.6) is 0 Å². The molecule has 0 aromatic heterocycles. The van der Waals surface area contributed by atoms with Gasteiger partial charge in [-0.15, -0.1) is 0 Å². The number of guanidine groups is 1. The van der Waals surface area contributed by atoms with Gasteiger partial charge >= 0.3 is 0 Å². The lowest BCUT2D eigenvalue weighted by Gasteiger charge is -2.43. The highest BCUT2D eigenvalue weighted by Crippen LogP contribution is 2.45. The zero-order valence-electron chi connectivity index (χ0n) is 12.3. The van der Waals surface area contributed by atoms with Crippen LogP contribution in [-0.4, -0.2) is 26.1 Å². The first-order valence-electron chi connectivity index (χ1n) is 7.58. The number of aliphatic imine (C=N–C) groups is 1. The van der Waals surface area contributed by atoms with Crippen molar-refractivity contribution in [2.75, 3.05) is 20.1 Å². The second-order valence-electron chi connectivity index (χ2n) is 6.70. The highest BCUT2D eigenvalue weighted by molar-refractivity contribution is 5.79. The first kappa shape index (κ1) is 13.7. The molecule has 0 spiro atoms. The van der Waals surface area contributed by atoms with Gasteiger partial charge in [-0.25, -0.2) is 0 Å². The first-order valence-corrected chi connectivity index (χ1v) is 7.58. The van der Waals surface area contributed by atoms with Gasteiger partial charge in [0.2, 0.25) is 0 Å². The normalized spacial score (nSPS) is 22.8. The molecule has 0 aliphatic heterocycles. The van der Waals surface area contributed by atoms with E-state index in [1.54, 1.807) is 0 Å². The minimum atomic E-state index is 0.547. The Balaban J connectivity index is 1.73. The lowest BCUT2D eigenvalue weighted by molar-refractivity contribution is 0.104. The van der Waals surface area contributed by atoms with Gasteiger partial charge in [0.05, 0.1) is 0 Å². The molecule has 0 saturated heterocycles. The molecule has 0 bridgehead atoms. The maximum absolute atomic E-state index is 4.32. The van der Waals surface area contributed by atoms with Gasteiger partial charge in [0.25, 0.3) is 0 Å². The molecule has 3 heteroatoms. The monoisotopic (exact) mass is 251 g/mol. The third-order valence-electron chi connectivity index (χ3n) is 4.37. The van der Waals surface area contributed by atoms with Crippen molar-refractivity contribution in [3.05, 3.63) is 0 Å². The van der Waals surface area contributed by atoms with Crippen LogP contribution in [0.1, 0.15) is 52.4 Å². The molecule has 0 radical (unpaired) electrons. The van der Waals surface area contributed by atoms with Crippen LogP contribution in [0.4, 0.5) is 0 Å². The predicted octanol–water partition coefficient (Wildman–Crippen LogP) is 2.78. The van der Waals surface area contributed by atoms with E-state index in [9.17, 15) is 0 Å². The van der Waals surface area contributed by atoms with Crippen LogP contribution >= 0.6 is 0 Å². The van der Waals surface area contributed by atoms with E-state index >= 15 is 0 Å². The summed E-state index contributed by atoms with van der Waals surface area (Å²) in [6.45, 7) is 6.85. The van der Waals surface area contributed by atoms with Crippen molar-refractivity contribution >= 4 is 5.96 Å². The average molecular weight is 251 g/mol. The summed E-state index contributed by atoms with van der Waals surface area (Å²) in [5.41, 5.74) is 0.547. The summed E-state index contributed by atoms with van der Waals surface area (Å²) in [5, 5.41) is 6.98. The van der Waals surface area contributed by atoms with Gasteiger partial charge in [-0.1, -0.05) is 20.3 Å². The molecule has 0 amide bonds. The smallest absolute Gasteiger partial charge is 0.191 e. The molecule has 0 aromatic rings. The lowest BCUT2D eigenvalue weighted by Crippen LogP contribution is -2.47. The third kappa shape index (κ3) is 3.89. The minimum absolute atomic E-state index is 0.547. The molecular weight excluding hydrogens is 222 g/mol. The van der Waals surface area contributed by atoms with E-state index in [1.807, 2.05) is 7.05 Å². The number of nitrogens with zero attached hydrogens (tertiary/aromatic N) is 1. The number of rotatable bonds is 6. The van der Waals surface area contributed by atoms with Crippen molar-refractivity contribution in [3.8, 4) is 0 Å². The van der Waals surface area contributed by atoms with Gasteiger partial charge in [0.15, 0.2) is 5.96 Å². The topological polar surface area (TPSA) is 36.4 Å². The average Bonchev–Trinajstić information content (AvgIpc) is 3.08. The summed E-state index contributed by atoms with van der Waals surface area (Å²) in [7, 11) is 1.87. The van der Waals surface area contributed by atoms with Crippen molar-refractivity contribution in [1.29, 1.82) is 0 Å². The van der Waals surface area contributed by atoms with Crippen molar-refractivity contribution in [3.63, 3.8) is 0 Å². The van der Waals surface area contributed by atoms with Crippen molar-refractivity contribution in [1.82, 2.24) is 10.6 Å². The molecule has 2 rings (SSSR count). The predicted molar refractivity (Wildman–Crippen MR) is 77.8 cm³/mol. The second-order valence-corrected chi connectivity index (χ2v) is 6.70. The van der Waals surface area contributed by atoms with Crippen molar-refractivity contribution < 1.29 is 0 Å². The molecule has 0 aromatic carbocycles. The van der Waals surface area contributed by atoms with Gasteiger partial charge in [-0.3, -0.25) is 4.99 Å². The highest BCUT2D eigenvalue weighted by atomic mass is 15.2. The Bertz CT molecular complexity index is 288. The highest BCUT2D eigenvalue weighted by Gasteiger charge is 2.37.